The predicted molar refractivity (Wildman–Crippen MR) is 95.7 cm³/mol. The molecule has 32 heavy (non-hydrogen) atoms. The van der Waals surface area contributed by atoms with Crippen molar-refractivity contribution in [2.45, 2.75) is 12.4 Å². The van der Waals surface area contributed by atoms with Crippen LogP contribution < -0.4 is 5.43 Å². The van der Waals surface area contributed by atoms with E-state index in [0.717, 1.165) is 28.3 Å². The highest BCUT2D eigenvalue weighted by molar-refractivity contribution is 5.95. The lowest BCUT2D eigenvalue weighted by molar-refractivity contribution is -0.143. The molecule has 8 nitrogen and oxygen atoms in total. The Balaban J connectivity index is 1.77. The van der Waals surface area contributed by atoms with Gasteiger partial charge in [0, 0.05) is 23.9 Å². The van der Waals surface area contributed by atoms with Gasteiger partial charge in [0.25, 0.3) is 11.8 Å². The number of halogens is 6. The van der Waals surface area contributed by atoms with Crippen LogP contribution in [-0.2, 0) is 26.7 Å². The number of hydrazine groups is 1. The highest BCUT2D eigenvalue weighted by Gasteiger charge is 2.37. The maximum atomic E-state index is 13.0. The maximum absolute atomic E-state index is 13.0. The summed E-state index contributed by atoms with van der Waals surface area (Å²) in [5.74, 6) is -1.36. The number of hydrogen-bond donors (Lipinski definition) is 1. The molecule has 1 aliphatic rings. The van der Waals surface area contributed by atoms with Gasteiger partial charge in [0.15, 0.2) is 5.82 Å². The minimum Gasteiger partial charge on any atom is -0.499 e. The first-order chi connectivity index (χ1) is 14.9. The summed E-state index contributed by atoms with van der Waals surface area (Å²) in [6.45, 7) is 0.0134. The summed E-state index contributed by atoms with van der Waals surface area (Å²) in [7, 11) is 1.36. The summed E-state index contributed by atoms with van der Waals surface area (Å²) < 4.78 is 83.8. The van der Waals surface area contributed by atoms with Gasteiger partial charge in [-0.3, -0.25) is 15.0 Å². The molecule has 3 rings (SSSR count). The second-order valence-electron chi connectivity index (χ2n) is 6.37. The van der Waals surface area contributed by atoms with Gasteiger partial charge in [-0.25, -0.2) is 14.7 Å². The largest absolute Gasteiger partial charge is 0.499 e. The molecule has 0 atom stereocenters. The van der Waals surface area contributed by atoms with E-state index in [1.165, 1.54) is 13.2 Å². The first kappa shape index (κ1) is 22.8. The van der Waals surface area contributed by atoms with Gasteiger partial charge in [-0.05, 0) is 18.2 Å². The van der Waals surface area contributed by atoms with Crippen LogP contribution in [0.2, 0.25) is 0 Å². The fraction of sp³-hybridized carbons (Fsp3) is 0.222. The number of alkyl halides is 6. The Kier molecular flexibility index (Phi) is 5.96. The molecule has 170 valence electrons. The number of carbonyl (C=O) groups is 2. The smallest absolute Gasteiger partial charge is 0.416 e. The van der Waals surface area contributed by atoms with Crippen LogP contribution in [0.4, 0.5) is 26.3 Å². The van der Waals surface area contributed by atoms with Crippen molar-refractivity contribution >= 4 is 18.0 Å². The highest BCUT2D eigenvalue weighted by Crippen LogP contribution is 2.38. The molecule has 2 heterocycles. The average molecular weight is 461 g/mol. The highest BCUT2D eigenvalue weighted by atomic mass is 19.4. The second-order valence-corrected chi connectivity index (χ2v) is 6.37. The van der Waals surface area contributed by atoms with Crippen molar-refractivity contribution in [3.05, 3.63) is 53.6 Å². The maximum Gasteiger partial charge on any atom is 0.416 e. The van der Waals surface area contributed by atoms with E-state index >= 15 is 0 Å². The van der Waals surface area contributed by atoms with Crippen molar-refractivity contribution in [1.82, 2.24) is 25.2 Å². The number of rotatable bonds is 5. The van der Waals surface area contributed by atoms with Crippen LogP contribution in [0.1, 0.15) is 11.1 Å². The average Bonchev–Trinajstić information content (AvgIpc) is 3.31. The second kappa shape index (κ2) is 8.36. The minimum absolute atomic E-state index is 0.00572. The molecule has 1 N–H and O–H groups in total. The SMILES string of the molecule is COC1=CC(=O)N(NC(=O)/C=C\n2cnc(-c3cc(C(F)(F)F)cc(C(F)(F)F)c3)n2)C1. The van der Waals surface area contributed by atoms with Crippen molar-refractivity contribution in [3.8, 4) is 11.4 Å². The Morgan fingerprint density at radius 2 is 1.75 bits per heavy atom. The van der Waals surface area contributed by atoms with Crippen molar-refractivity contribution in [2.24, 2.45) is 0 Å². The summed E-state index contributed by atoms with van der Waals surface area (Å²) in [5.41, 5.74) is -1.26. The van der Waals surface area contributed by atoms with Crippen molar-refractivity contribution in [3.63, 3.8) is 0 Å². The van der Waals surface area contributed by atoms with Crippen LogP contribution >= 0.6 is 0 Å². The molecule has 0 unspecified atom stereocenters. The van der Waals surface area contributed by atoms with Crippen molar-refractivity contribution in [2.75, 3.05) is 13.7 Å². The monoisotopic (exact) mass is 461 g/mol. The first-order valence-corrected chi connectivity index (χ1v) is 8.62. The number of carbonyl (C=O) groups excluding carboxylic acids is 2. The van der Waals surface area contributed by atoms with Crippen molar-refractivity contribution in [1.29, 1.82) is 0 Å². The zero-order valence-electron chi connectivity index (χ0n) is 16.0. The van der Waals surface area contributed by atoms with Crippen LogP contribution in [-0.4, -0.2) is 45.2 Å². The Labute approximate surface area is 175 Å². The minimum atomic E-state index is -5.01. The van der Waals surface area contributed by atoms with Gasteiger partial charge in [-0.2, -0.15) is 26.3 Å². The van der Waals surface area contributed by atoms with Crippen LogP contribution in [0.25, 0.3) is 17.6 Å². The normalized spacial score (nSPS) is 14.8. The number of nitrogens with one attached hydrogen (secondary N) is 1. The third kappa shape index (κ3) is 5.25. The predicted octanol–water partition coefficient (Wildman–Crippen LogP) is 2.86. The lowest BCUT2D eigenvalue weighted by Crippen LogP contribution is -2.42. The van der Waals surface area contributed by atoms with Crippen LogP contribution in [0, 0.1) is 0 Å². The van der Waals surface area contributed by atoms with E-state index in [1.54, 1.807) is 0 Å². The number of methoxy groups -OCH3 is 1. The van der Waals surface area contributed by atoms with Gasteiger partial charge in [0.05, 0.1) is 18.2 Å². The molecule has 2 aromatic rings. The van der Waals surface area contributed by atoms with E-state index in [1.807, 2.05) is 0 Å². The number of aromatic nitrogens is 3. The Hall–Kier alpha value is -3.84. The Morgan fingerprint density at radius 1 is 1.12 bits per heavy atom. The molecule has 0 saturated carbocycles. The standard InChI is InChI=1S/C18H13F6N5O3/c1-32-13-7-15(31)29(8-13)26-14(30)2-3-28-9-25-16(27-28)10-4-11(17(19,20)21)6-12(5-10)18(22,23)24/h2-7,9H,8H2,1H3,(H,26,30)/b3-2-. The fourth-order valence-electron chi connectivity index (χ4n) is 2.59. The summed E-state index contributed by atoms with van der Waals surface area (Å²) in [6.07, 6.45) is -5.88. The van der Waals surface area contributed by atoms with Crippen LogP contribution in [0.3, 0.4) is 0 Å². The van der Waals surface area contributed by atoms with E-state index < -0.39 is 46.7 Å². The van der Waals surface area contributed by atoms with E-state index in [9.17, 15) is 35.9 Å². The van der Waals surface area contributed by atoms with Gasteiger partial charge in [-0.15, -0.1) is 5.10 Å². The van der Waals surface area contributed by atoms with Gasteiger partial charge in [0.1, 0.15) is 18.6 Å². The third-order valence-corrected chi connectivity index (χ3v) is 4.10. The summed E-state index contributed by atoms with van der Waals surface area (Å²) >= 11 is 0. The first-order valence-electron chi connectivity index (χ1n) is 8.62. The third-order valence-electron chi connectivity index (χ3n) is 4.10. The van der Waals surface area contributed by atoms with Crippen LogP contribution in [0.5, 0.6) is 0 Å². The number of nitrogens with zero attached hydrogens (tertiary/aromatic N) is 4. The molecule has 2 amide bonds. The number of benzene rings is 1. The van der Waals surface area contributed by atoms with E-state index in [-0.39, 0.29) is 12.6 Å². The molecule has 0 saturated heterocycles. The molecule has 1 aromatic heterocycles. The number of ether oxygens (including phenoxy) is 1. The number of amides is 2. The van der Waals surface area contributed by atoms with Gasteiger partial charge >= 0.3 is 12.4 Å². The Bertz CT molecular complexity index is 1070. The molecule has 0 aliphatic carbocycles. The lowest BCUT2D eigenvalue weighted by atomic mass is 10.0. The molecule has 0 spiro atoms. The molecular weight excluding hydrogens is 448 g/mol. The van der Waals surface area contributed by atoms with Crippen LogP contribution in [0.15, 0.2) is 42.4 Å². The zero-order valence-corrected chi connectivity index (χ0v) is 16.0. The van der Waals surface area contributed by atoms with E-state index in [4.69, 9.17) is 4.74 Å². The van der Waals surface area contributed by atoms with Gasteiger partial charge in [0.2, 0.25) is 0 Å². The van der Waals surface area contributed by atoms with E-state index in [2.05, 4.69) is 15.5 Å². The molecule has 0 radical (unpaired) electrons. The fourth-order valence-corrected chi connectivity index (χ4v) is 2.59. The molecule has 1 aliphatic heterocycles. The quantitative estimate of drug-likeness (QED) is 0.547. The summed E-state index contributed by atoms with van der Waals surface area (Å²) in [6, 6.07) is 0.976. The topological polar surface area (TPSA) is 89.4 Å². The lowest BCUT2D eigenvalue weighted by Gasteiger charge is -2.15. The number of hydrogen-bond acceptors (Lipinski definition) is 5. The van der Waals surface area contributed by atoms with Gasteiger partial charge < -0.3 is 4.74 Å². The van der Waals surface area contributed by atoms with Crippen molar-refractivity contribution < 1.29 is 40.7 Å². The summed E-state index contributed by atoms with van der Waals surface area (Å²) in [5, 5.41) is 4.74. The molecule has 1 aromatic carbocycles. The molecule has 0 fully saturated rings. The Morgan fingerprint density at radius 3 is 2.28 bits per heavy atom. The van der Waals surface area contributed by atoms with Gasteiger partial charge in [-0.1, -0.05) is 0 Å². The summed E-state index contributed by atoms with van der Waals surface area (Å²) in [4.78, 5) is 27.3. The molecule has 14 heteroatoms. The molecular formula is C18H13F6N5O3. The van der Waals surface area contributed by atoms with E-state index in [0.29, 0.717) is 17.9 Å². The molecule has 0 bridgehead atoms. The zero-order chi connectivity index (χ0) is 23.7.